The Balaban J connectivity index is 1.14. The van der Waals surface area contributed by atoms with Crippen LogP contribution in [0.4, 0.5) is 0 Å². The van der Waals surface area contributed by atoms with Crippen molar-refractivity contribution in [2.45, 2.75) is 51.1 Å². The molecular weight excluding hydrogens is 320 g/mol. The lowest BCUT2D eigenvalue weighted by atomic mass is 9.76. The van der Waals surface area contributed by atoms with Gasteiger partial charge in [-0.25, -0.2) is 0 Å². The van der Waals surface area contributed by atoms with Gasteiger partial charge in [0.15, 0.2) is 0 Å². The van der Waals surface area contributed by atoms with Crippen molar-refractivity contribution in [3.63, 3.8) is 0 Å². The van der Waals surface area contributed by atoms with Gasteiger partial charge in [0, 0.05) is 49.3 Å². The molecule has 5 heteroatoms. The fraction of sp³-hybridized carbons (Fsp3) is 0.684. The first-order chi connectivity index (χ1) is 11.7. The summed E-state index contributed by atoms with van der Waals surface area (Å²) in [5, 5.41) is 2.11. The third-order valence-electron chi connectivity index (χ3n) is 6.84. The van der Waals surface area contributed by atoms with Gasteiger partial charge in [-0.1, -0.05) is 0 Å². The topological polar surface area (TPSA) is 40.6 Å². The minimum absolute atomic E-state index is 0.144. The molecule has 0 radical (unpaired) electrons. The van der Waals surface area contributed by atoms with E-state index in [-0.39, 0.29) is 11.8 Å². The fourth-order valence-electron chi connectivity index (χ4n) is 5.58. The number of fused-ring (bicyclic) bond motifs is 6. The summed E-state index contributed by atoms with van der Waals surface area (Å²) in [6, 6.07) is 2.65. The number of carbonyl (C=O) groups excluding carboxylic acids is 2. The molecule has 1 aromatic heterocycles. The molecule has 128 valence electrons. The Morgan fingerprint density at radius 1 is 1.17 bits per heavy atom. The number of likely N-dealkylation sites (tertiary alicyclic amines) is 1. The van der Waals surface area contributed by atoms with Crippen LogP contribution in [0.1, 0.15) is 42.5 Å². The molecule has 2 bridgehead atoms. The zero-order chi connectivity index (χ0) is 16.3. The molecule has 24 heavy (non-hydrogen) atoms. The van der Waals surface area contributed by atoms with Crippen LogP contribution in [0.5, 0.6) is 0 Å². The van der Waals surface area contributed by atoms with Crippen molar-refractivity contribution in [3.05, 3.63) is 21.9 Å². The molecule has 2 saturated carbocycles. The van der Waals surface area contributed by atoms with Gasteiger partial charge in [-0.3, -0.25) is 9.59 Å². The summed E-state index contributed by atoms with van der Waals surface area (Å²) < 4.78 is 0. The molecule has 5 rings (SSSR count). The van der Waals surface area contributed by atoms with Crippen molar-refractivity contribution in [1.29, 1.82) is 0 Å². The third-order valence-corrected chi connectivity index (χ3v) is 7.86. The maximum absolute atomic E-state index is 12.5. The van der Waals surface area contributed by atoms with Crippen LogP contribution in [-0.2, 0) is 22.6 Å². The normalized spacial score (nSPS) is 33.2. The summed E-state index contributed by atoms with van der Waals surface area (Å²) >= 11 is 1.79. The van der Waals surface area contributed by atoms with Crippen LogP contribution in [-0.4, -0.2) is 40.7 Å². The van der Waals surface area contributed by atoms with E-state index in [9.17, 15) is 9.59 Å². The van der Waals surface area contributed by atoms with Crippen molar-refractivity contribution >= 4 is 23.2 Å². The Hall–Kier alpha value is -1.36. The van der Waals surface area contributed by atoms with Crippen molar-refractivity contribution < 1.29 is 9.59 Å². The predicted molar refractivity (Wildman–Crippen MR) is 92.5 cm³/mol. The first-order valence-corrected chi connectivity index (χ1v) is 10.2. The average Bonchev–Trinajstić information content (AvgIpc) is 3.25. The van der Waals surface area contributed by atoms with Crippen LogP contribution < -0.4 is 0 Å². The second-order valence-corrected chi connectivity index (χ2v) is 8.97. The molecule has 4 aliphatic rings. The zero-order valence-electron chi connectivity index (χ0n) is 13.9. The molecule has 0 aromatic carbocycles. The monoisotopic (exact) mass is 344 g/mol. The molecule has 1 saturated heterocycles. The second-order valence-electron chi connectivity index (χ2n) is 7.97. The summed E-state index contributed by atoms with van der Waals surface area (Å²) in [6.07, 6.45) is 5.77. The van der Waals surface area contributed by atoms with E-state index in [1.807, 2.05) is 4.90 Å². The number of hydrogen-bond donors (Lipinski definition) is 0. The van der Waals surface area contributed by atoms with Crippen LogP contribution in [0.25, 0.3) is 0 Å². The van der Waals surface area contributed by atoms with E-state index >= 15 is 0 Å². The maximum atomic E-state index is 12.5. The lowest BCUT2D eigenvalue weighted by Gasteiger charge is -2.50. The summed E-state index contributed by atoms with van der Waals surface area (Å²) in [4.78, 5) is 30.5. The smallest absolute Gasteiger partial charge is 0.223 e. The van der Waals surface area contributed by atoms with Crippen molar-refractivity contribution in [2.75, 3.05) is 13.1 Å². The van der Waals surface area contributed by atoms with Crippen LogP contribution in [0.2, 0.25) is 0 Å². The Morgan fingerprint density at radius 3 is 2.88 bits per heavy atom. The van der Waals surface area contributed by atoms with E-state index < -0.39 is 0 Å². The van der Waals surface area contributed by atoms with Gasteiger partial charge in [0.05, 0.1) is 0 Å². The molecule has 2 aliphatic carbocycles. The van der Waals surface area contributed by atoms with Gasteiger partial charge >= 0.3 is 0 Å². The van der Waals surface area contributed by atoms with Gasteiger partial charge in [0.1, 0.15) is 0 Å². The van der Waals surface area contributed by atoms with Gasteiger partial charge in [0.25, 0.3) is 0 Å². The van der Waals surface area contributed by atoms with Crippen LogP contribution in [0.15, 0.2) is 11.4 Å². The molecule has 4 atom stereocenters. The molecule has 2 amide bonds. The number of carbonyl (C=O) groups is 2. The van der Waals surface area contributed by atoms with Gasteiger partial charge in [-0.15, -0.1) is 11.3 Å². The van der Waals surface area contributed by atoms with Gasteiger partial charge in [-0.2, -0.15) is 0 Å². The standard InChI is InChI=1S/C19H24N2O2S/c22-17(20-7-5-16-14(10-20)6-8-24-16)3-4-18(23)21-11-15-12-1-2-13(9-12)19(15)21/h6,8,12-13,15,19H,1-5,7,9-11H2/t12-,13-,15-,19-/m0/s1. The van der Waals surface area contributed by atoms with Crippen molar-refractivity contribution in [2.24, 2.45) is 17.8 Å². The Kier molecular flexibility index (Phi) is 3.47. The van der Waals surface area contributed by atoms with Crippen LogP contribution in [0.3, 0.4) is 0 Å². The molecule has 3 fully saturated rings. The first kappa shape index (κ1) is 14.9. The van der Waals surface area contributed by atoms with Crippen LogP contribution >= 0.6 is 11.3 Å². The van der Waals surface area contributed by atoms with E-state index in [2.05, 4.69) is 16.3 Å². The molecular formula is C19H24N2O2S. The molecule has 2 aliphatic heterocycles. The largest absolute Gasteiger partial charge is 0.339 e. The highest BCUT2D eigenvalue weighted by atomic mass is 32.1. The van der Waals surface area contributed by atoms with E-state index in [4.69, 9.17) is 0 Å². The first-order valence-electron chi connectivity index (χ1n) is 9.33. The molecule has 1 aromatic rings. The van der Waals surface area contributed by atoms with Gasteiger partial charge < -0.3 is 9.80 Å². The Labute approximate surface area is 146 Å². The van der Waals surface area contributed by atoms with Crippen molar-refractivity contribution in [3.8, 4) is 0 Å². The highest BCUT2D eigenvalue weighted by Gasteiger charge is 2.57. The lowest BCUT2D eigenvalue weighted by Crippen LogP contribution is -2.60. The van der Waals surface area contributed by atoms with E-state index in [0.717, 1.165) is 43.8 Å². The Bertz CT molecular complexity index is 683. The Morgan fingerprint density at radius 2 is 2.00 bits per heavy atom. The zero-order valence-corrected chi connectivity index (χ0v) is 14.8. The summed E-state index contributed by atoms with van der Waals surface area (Å²) in [5.41, 5.74) is 1.29. The quantitative estimate of drug-likeness (QED) is 0.846. The van der Waals surface area contributed by atoms with Gasteiger partial charge in [0.2, 0.25) is 11.8 Å². The number of hydrogen-bond acceptors (Lipinski definition) is 3. The molecule has 0 spiro atoms. The predicted octanol–water partition coefficient (Wildman–Crippen LogP) is 2.67. The van der Waals surface area contributed by atoms with E-state index in [0.29, 0.717) is 18.9 Å². The highest BCUT2D eigenvalue weighted by Crippen LogP contribution is 2.55. The van der Waals surface area contributed by atoms with E-state index in [1.165, 1.54) is 29.7 Å². The van der Waals surface area contributed by atoms with Gasteiger partial charge in [-0.05, 0) is 54.5 Å². The maximum Gasteiger partial charge on any atom is 0.223 e. The fourth-order valence-corrected chi connectivity index (χ4v) is 6.47. The second kappa shape index (κ2) is 5.58. The minimum atomic E-state index is 0.144. The summed E-state index contributed by atoms with van der Waals surface area (Å²) in [7, 11) is 0. The van der Waals surface area contributed by atoms with Crippen molar-refractivity contribution in [1.82, 2.24) is 9.80 Å². The number of thiophene rings is 1. The number of nitrogens with zero attached hydrogens (tertiary/aromatic N) is 2. The van der Waals surface area contributed by atoms with E-state index in [1.54, 1.807) is 11.3 Å². The summed E-state index contributed by atoms with van der Waals surface area (Å²) in [5.74, 6) is 2.78. The third kappa shape index (κ3) is 2.24. The highest BCUT2D eigenvalue weighted by molar-refractivity contribution is 7.10. The summed E-state index contributed by atoms with van der Waals surface area (Å²) in [6.45, 7) is 2.49. The van der Waals surface area contributed by atoms with Crippen LogP contribution in [0, 0.1) is 17.8 Å². The molecule has 3 heterocycles. The number of rotatable bonds is 3. The average molecular weight is 344 g/mol. The molecule has 0 N–H and O–H groups in total. The molecule has 4 nitrogen and oxygen atoms in total. The SMILES string of the molecule is O=C(CCC(=O)N1C[C@H]2[C@H]3CC[C@@H](C3)[C@@H]21)N1CCc2sccc2C1. The minimum Gasteiger partial charge on any atom is -0.339 e. The lowest BCUT2D eigenvalue weighted by molar-refractivity contribution is -0.149. The molecule has 0 unspecified atom stereocenters. The number of amides is 2.